The van der Waals surface area contributed by atoms with Gasteiger partial charge in [-0.05, 0) is 41.4 Å². The van der Waals surface area contributed by atoms with Crippen molar-refractivity contribution in [2.45, 2.75) is 12.8 Å². The average molecular weight is 272 g/mol. The Hall–Kier alpha value is -0.940. The molecule has 1 rings (SSSR count). The van der Waals surface area contributed by atoms with Gasteiger partial charge in [0.1, 0.15) is 0 Å². The van der Waals surface area contributed by atoms with Gasteiger partial charge in [-0.1, -0.05) is 0 Å². The molecule has 0 spiro atoms. The van der Waals surface area contributed by atoms with Crippen LogP contribution >= 0.6 is 15.9 Å². The van der Waals surface area contributed by atoms with Crippen molar-refractivity contribution in [1.29, 1.82) is 0 Å². The van der Waals surface area contributed by atoms with Crippen molar-refractivity contribution >= 4 is 21.8 Å². The molecule has 0 saturated heterocycles. The van der Waals surface area contributed by atoms with Crippen molar-refractivity contribution in [3.8, 4) is 0 Å². The fraction of sp³-hybridized carbons (Fsp3) is 0.400. The van der Waals surface area contributed by atoms with Crippen molar-refractivity contribution in [3.63, 3.8) is 0 Å². The summed E-state index contributed by atoms with van der Waals surface area (Å²) < 4.78 is 0.803. The van der Waals surface area contributed by atoms with Gasteiger partial charge >= 0.3 is 0 Å². The van der Waals surface area contributed by atoms with Crippen molar-refractivity contribution < 1.29 is 4.79 Å². The molecule has 0 aliphatic rings. The third-order valence-corrected chi connectivity index (χ3v) is 2.32. The molecular weight excluding hydrogens is 258 g/mol. The van der Waals surface area contributed by atoms with E-state index in [-0.39, 0.29) is 5.91 Å². The van der Waals surface area contributed by atoms with Gasteiger partial charge in [0.05, 0.1) is 5.56 Å². The molecule has 0 fully saturated rings. The van der Waals surface area contributed by atoms with Crippen LogP contribution in [0.5, 0.6) is 0 Å². The van der Waals surface area contributed by atoms with Gasteiger partial charge in [0.25, 0.3) is 5.91 Å². The lowest BCUT2D eigenvalue weighted by Crippen LogP contribution is -2.24. The summed E-state index contributed by atoms with van der Waals surface area (Å²) in [5.41, 5.74) is 5.91. The van der Waals surface area contributed by atoms with E-state index in [0.29, 0.717) is 18.7 Å². The SMILES string of the molecule is NCCCCNC(=O)c1cncc(Br)c1. The van der Waals surface area contributed by atoms with Crippen LogP contribution in [0.4, 0.5) is 0 Å². The number of unbranched alkanes of at least 4 members (excludes halogenated alkanes) is 1. The predicted octanol–water partition coefficient (Wildman–Crippen LogP) is 1.31. The van der Waals surface area contributed by atoms with Crippen molar-refractivity contribution in [3.05, 3.63) is 28.5 Å². The Bertz CT molecular complexity index is 330. The van der Waals surface area contributed by atoms with Crippen molar-refractivity contribution in [2.24, 2.45) is 5.73 Å². The van der Waals surface area contributed by atoms with Crippen LogP contribution < -0.4 is 11.1 Å². The first-order valence-electron chi connectivity index (χ1n) is 4.83. The Morgan fingerprint density at radius 2 is 2.27 bits per heavy atom. The van der Waals surface area contributed by atoms with E-state index in [0.717, 1.165) is 17.3 Å². The summed E-state index contributed by atoms with van der Waals surface area (Å²) >= 11 is 3.26. The van der Waals surface area contributed by atoms with E-state index < -0.39 is 0 Å². The summed E-state index contributed by atoms with van der Waals surface area (Å²) in [5.74, 6) is -0.0965. The monoisotopic (exact) mass is 271 g/mol. The number of nitrogens with one attached hydrogen (secondary N) is 1. The number of aromatic nitrogens is 1. The first-order valence-corrected chi connectivity index (χ1v) is 5.62. The van der Waals surface area contributed by atoms with Gasteiger partial charge in [-0.2, -0.15) is 0 Å². The second-order valence-electron chi connectivity index (χ2n) is 3.14. The highest BCUT2D eigenvalue weighted by Gasteiger charge is 2.04. The predicted molar refractivity (Wildman–Crippen MR) is 62.6 cm³/mol. The molecule has 82 valence electrons. The minimum atomic E-state index is -0.0965. The lowest BCUT2D eigenvalue weighted by Gasteiger charge is -2.04. The van der Waals surface area contributed by atoms with Crippen LogP contribution in [0.3, 0.4) is 0 Å². The molecule has 0 radical (unpaired) electrons. The van der Waals surface area contributed by atoms with Crippen LogP contribution in [0.15, 0.2) is 22.9 Å². The van der Waals surface area contributed by atoms with E-state index in [4.69, 9.17) is 5.73 Å². The number of nitrogens with zero attached hydrogens (tertiary/aromatic N) is 1. The van der Waals surface area contributed by atoms with E-state index in [1.54, 1.807) is 18.5 Å². The van der Waals surface area contributed by atoms with Crippen LogP contribution in [0, 0.1) is 0 Å². The number of rotatable bonds is 5. The number of nitrogens with two attached hydrogens (primary N) is 1. The third-order valence-electron chi connectivity index (χ3n) is 1.88. The molecule has 0 atom stereocenters. The largest absolute Gasteiger partial charge is 0.352 e. The molecule has 3 N–H and O–H groups in total. The van der Waals surface area contributed by atoms with Gasteiger partial charge in [-0.3, -0.25) is 9.78 Å². The van der Waals surface area contributed by atoms with Crippen molar-refractivity contribution in [2.75, 3.05) is 13.1 Å². The Morgan fingerprint density at radius 1 is 1.47 bits per heavy atom. The van der Waals surface area contributed by atoms with E-state index in [2.05, 4.69) is 26.2 Å². The number of hydrogen-bond donors (Lipinski definition) is 2. The highest BCUT2D eigenvalue weighted by Crippen LogP contribution is 2.09. The lowest BCUT2D eigenvalue weighted by atomic mass is 10.2. The van der Waals surface area contributed by atoms with Crippen LogP contribution in [0.1, 0.15) is 23.2 Å². The van der Waals surface area contributed by atoms with Crippen LogP contribution in [0.2, 0.25) is 0 Å². The molecule has 1 aromatic rings. The normalized spacial score (nSPS) is 10.0. The molecule has 1 amide bonds. The number of carbonyl (C=O) groups is 1. The summed E-state index contributed by atoms with van der Waals surface area (Å²) in [6.07, 6.45) is 5.02. The quantitative estimate of drug-likeness (QED) is 0.794. The zero-order valence-corrected chi connectivity index (χ0v) is 9.96. The summed E-state index contributed by atoms with van der Waals surface area (Å²) in [6, 6.07) is 1.74. The molecule has 0 saturated carbocycles. The minimum absolute atomic E-state index is 0.0965. The lowest BCUT2D eigenvalue weighted by molar-refractivity contribution is 0.0952. The fourth-order valence-corrected chi connectivity index (χ4v) is 1.47. The second-order valence-corrected chi connectivity index (χ2v) is 4.06. The highest BCUT2D eigenvalue weighted by molar-refractivity contribution is 9.10. The Balaban J connectivity index is 2.40. The summed E-state index contributed by atoms with van der Waals surface area (Å²) in [7, 11) is 0. The van der Waals surface area contributed by atoms with E-state index in [9.17, 15) is 4.79 Å². The van der Waals surface area contributed by atoms with Gasteiger partial charge in [-0.25, -0.2) is 0 Å². The van der Waals surface area contributed by atoms with Crippen LogP contribution in [-0.2, 0) is 0 Å². The van der Waals surface area contributed by atoms with Gasteiger partial charge in [0.2, 0.25) is 0 Å². The van der Waals surface area contributed by atoms with Gasteiger partial charge in [0.15, 0.2) is 0 Å². The first-order chi connectivity index (χ1) is 7.24. The fourth-order valence-electron chi connectivity index (χ4n) is 1.11. The molecule has 0 aliphatic heterocycles. The zero-order valence-electron chi connectivity index (χ0n) is 8.37. The smallest absolute Gasteiger partial charge is 0.252 e. The minimum Gasteiger partial charge on any atom is -0.352 e. The summed E-state index contributed by atoms with van der Waals surface area (Å²) in [4.78, 5) is 15.5. The van der Waals surface area contributed by atoms with Gasteiger partial charge in [0, 0.05) is 23.4 Å². The number of halogens is 1. The molecule has 0 aromatic carbocycles. The number of carbonyl (C=O) groups excluding carboxylic acids is 1. The zero-order chi connectivity index (χ0) is 11.1. The van der Waals surface area contributed by atoms with E-state index >= 15 is 0 Å². The van der Waals surface area contributed by atoms with Gasteiger partial charge < -0.3 is 11.1 Å². The van der Waals surface area contributed by atoms with Crippen LogP contribution in [0.25, 0.3) is 0 Å². The van der Waals surface area contributed by atoms with Gasteiger partial charge in [-0.15, -0.1) is 0 Å². The first kappa shape index (κ1) is 12.1. The Labute approximate surface area is 97.4 Å². The molecule has 15 heavy (non-hydrogen) atoms. The van der Waals surface area contributed by atoms with E-state index in [1.165, 1.54) is 0 Å². The molecule has 1 aromatic heterocycles. The standard InChI is InChI=1S/C10H14BrN3O/c11-9-5-8(6-13-7-9)10(15)14-4-2-1-3-12/h5-7H,1-4,12H2,(H,14,15). The van der Waals surface area contributed by atoms with Crippen LogP contribution in [-0.4, -0.2) is 24.0 Å². The molecular formula is C10H14BrN3O. The van der Waals surface area contributed by atoms with Crippen molar-refractivity contribution in [1.82, 2.24) is 10.3 Å². The maximum atomic E-state index is 11.6. The molecule has 1 heterocycles. The van der Waals surface area contributed by atoms with E-state index in [1.807, 2.05) is 0 Å². The maximum Gasteiger partial charge on any atom is 0.252 e. The Kier molecular flexibility index (Phi) is 5.28. The number of amides is 1. The number of hydrogen-bond acceptors (Lipinski definition) is 3. The molecule has 0 bridgehead atoms. The summed E-state index contributed by atoms with van der Waals surface area (Å²) in [6.45, 7) is 1.32. The molecule has 0 aliphatic carbocycles. The maximum absolute atomic E-state index is 11.6. The topological polar surface area (TPSA) is 68.0 Å². The highest BCUT2D eigenvalue weighted by atomic mass is 79.9. The molecule has 4 nitrogen and oxygen atoms in total. The summed E-state index contributed by atoms with van der Waals surface area (Å²) in [5, 5.41) is 2.81. The third kappa shape index (κ3) is 4.40. The molecule has 0 unspecified atom stereocenters. The number of pyridine rings is 1. The second kappa shape index (κ2) is 6.53. The Morgan fingerprint density at radius 3 is 2.93 bits per heavy atom. The average Bonchev–Trinajstić information content (AvgIpc) is 2.24. The molecule has 5 heteroatoms.